The summed E-state index contributed by atoms with van der Waals surface area (Å²) in [7, 11) is 1.89. The molecule has 1 N–H and O–H groups in total. The molecule has 1 atom stereocenters. The van der Waals surface area contributed by atoms with Gasteiger partial charge < -0.3 is 9.67 Å². The normalized spacial score (nSPS) is 12.8. The van der Waals surface area contributed by atoms with E-state index in [4.69, 9.17) is 0 Å². The van der Waals surface area contributed by atoms with Crippen molar-refractivity contribution in [1.29, 1.82) is 0 Å². The molecular formula is C15H14N2O. The number of rotatable bonds is 2. The summed E-state index contributed by atoms with van der Waals surface area (Å²) >= 11 is 0. The zero-order valence-corrected chi connectivity index (χ0v) is 10.1. The minimum atomic E-state index is -0.649. The molecule has 1 aromatic heterocycles. The smallest absolute Gasteiger partial charge is 0.121 e. The van der Waals surface area contributed by atoms with Gasteiger partial charge >= 0.3 is 0 Å². The molecule has 18 heavy (non-hydrogen) atoms. The first-order valence-corrected chi connectivity index (χ1v) is 5.89. The average Bonchev–Trinajstić information content (AvgIpc) is 2.83. The zero-order chi connectivity index (χ0) is 12.5. The number of aliphatic hydroxyl groups excluding tert-OH is 1. The molecule has 90 valence electrons. The Morgan fingerprint density at radius 1 is 1.11 bits per heavy atom. The van der Waals surface area contributed by atoms with Gasteiger partial charge in [0.05, 0.1) is 18.2 Å². The van der Waals surface area contributed by atoms with Crippen molar-refractivity contribution in [3.05, 3.63) is 66.2 Å². The highest BCUT2D eigenvalue weighted by Gasteiger charge is 2.15. The molecule has 0 fully saturated rings. The highest BCUT2D eigenvalue weighted by molar-refractivity contribution is 5.86. The van der Waals surface area contributed by atoms with E-state index in [0.29, 0.717) is 0 Å². The first-order valence-electron chi connectivity index (χ1n) is 5.89. The van der Waals surface area contributed by atoms with E-state index in [0.717, 1.165) is 22.0 Å². The van der Waals surface area contributed by atoms with E-state index in [2.05, 4.69) is 17.1 Å². The number of hydrogen-bond donors (Lipinski definition) is 1. The fourth-order valence-corrected chi connectivity index (χ4v) is 2.28. The minimum Gasteiger partial charge on any atom is -0.382 e. The summed E-state index contributed by atoms with van der Waals surface area (Å²) in [6, 6.07) is 14.1. The van der Waals surface area contributed by atoms with Gasteiger partial charge in [0, 0.05) is 7.05 Å². The Kier molecular flexibility index (Phi) is 2.61. The van der Waals surface area contributed by atoms with Gasteiger partial charge in [-0.15, -0.1) is 0 Å². The van der Waals surface area contributed by atoms with Gasteiger partial charge in [-0.3, -0.25) is 0 Å². The molecular weight excluding hydrogens is 224 g/mol. The third-order valence-corrected chi connectivity index (χ3v) is 3.25. The number of aliphatic hydroxyl groups is 1. The number of benzene rings is 2. The average molecular weight is 238 g/mol. The summed E-state index contributed by atoms with van der Waals surface area (Å²) in [5, 5.41) is 12.7. The van der Waals surface area contributed by atoms with Crippen LogP contribution in [0.3, 0.4) is 0 Å². The van der Waals surface area contributed by atoms with Gasteiger partial charge in [0.25, 0.3) is 0 Å². The van der Waals surface area contributed by atoms with Crippen molar-refractivity contribution < 1.29 is 5.11 Å². The van der Waals surface area contributed by atoms with Crippen molar-refractivity contribution in [3.63, 3.8) is 0 Å². The van der Waals surface area contributed by atoms with Gasteiger partial charge in [0.1, 0.15) is 6.10 Å². The maximum absolute atomic E-state index is 10.5. The standard InChI is InChI=1S/C15H14N2O/c1-17-10-16-9-14(17)15(18)13-8-4-6-11-5-2-3-7-12(11)13/h2-10,15,18H,1H3. The Morgan fingerprint density at radius 2 is 1.89 bits per heavy atom. The van der Waals surface area contributed by atoms with Gasteiger partial charge in [0.2, 0.25) is 0 Å². The van der Waals surface area contributed by atoms with Crippen LogP contribution >= 0.6 is 0 Å². The van der Waals surface area contributed by atoms with Crippen molar-refractivity contribution in [1.82, 2.24) is 9.55 Å². The lowest BCUT2D eigenvalue weighted by atomic mass is 9.99. The summed E-state index contributed by atoms with van der Waals surface area (Å²) in [5.41, 5.74) is 1.71. The van der Waals surface area contributed by atoms with Crippen LogP contribution in [0.2, 0.25) is 0 Å². The Balaban J connectivity index is 2.18. The molecule has 0 aliphatic carbocycles. The molecule has 2 aromatic carbocycles. The summed E-state index contributed by atoms with van der Waals surface area (Å²) in [6.45, 7) is 0. The lowest BCUT2D eigenvalue weighted by Crippen LogP contribution is -2.05. The van der Waals surface area contributed by atoms with Crippen LogP contribution in [0.4, 0.5) is 0 Å². The van der Waals surface area contributed by atoms with Crippen LogP contribution in [0.15, 0.2) is 55.0 Å². The van der Waals surface area contributed by atoms with Gasteiger partial charge in [0.15, 0.2) is 0 Å². The molecule has 1 heterocycles. The van der Waals surface area contributed by atoms with Gasteiger partial charge in [-0.25, -0.2) is 4.98 Å². The second kappa shape index (κ2) is 4.27. The van der Waals surface area contributed by atoms with E-state index >= 15 is 0 Å². The lowest BCUT2D eigenvalue weighted by Gasteiger charge is -2.14. The SMILES string of the molecule is Cn1cncc1C(O)c1cccc2ccccc12. The number of hydrogen-bond acceptors (Lipinski definition) is 2. The predicted octanol–water partition coefficient (Wildman–Crippen LogP) is 2.66. The van der Waals surface area contributed by atoms with Gasteiger partial charge in [-0.05, 0) is 16.3 Å². The molecule has 0 saturated heterocycles. The molecule has 3 nitrogen and oxygen atoms in total. The van der Waals surface area contributed by atoms with Crippen LogP contribution in [0.5, 0.6) is 0 Å². The molecule has 3 aromatic rings. The summed E-state index contributed by atoms with van der Waals surface area (Å²) in [5.74, 6) is 0. The molecule has 1 unspecified atom stereocenters. The Bertz CT molecular complexity index is 682. The Morgan fingerprint density at radius 3 is 2.67 bits per heavy atom. The van der Waals surface area contributed by atoms with Crippen LogP contribution in [-0.2, 0) is 7.05 Å². The van der Waals surface area contributed by atoms with Crippen molar-refractivity contribution in [3.8, 4) is 0 Å². The van der Waals surface area contributed by atoms with Crippen molar-refractivity contribution in [2.75, 3.05) is 0 Å². The largest absolute Gasteiger partial charge is 0.382 e. The topological polar surface area (TPSA) is 38.0 Å². The molecule has 0 bridgehead atoms. The molecule has 0 aliphatic heterocycles. The lowest BCUT2D eigenvalue weighted by molar-refractivity contribution is 0.213. The third kappa shape index (κ3) is 1.69. The number of nitrogens with zero attached hydrogens (tertiary/aromatic N) is 2. The Labute approximate surface area is 105 Å². The van der Waals surface area contributed by atoms with E-state index in [1.807, 2.05) is 41.9 Å². The molecule has 0 spiro atoms. The number of imidazole rings is 1. The third-order valence-electron chi connectivity index (χ3n) is 3.25. The van der Waals surface area contributed by atoms with Crippen LogP contribution < -0.4 is 0 Å². The first kappa shape index (κ1) is 11.0. The van der Waals surface area contributed by atoms with E-state index in [1.54, 1.807) is 12.5 Å². The number of aryl methyl sites for hydroxylation is 1. The van der Waals surface area contributed by atoms with Crippen LogP contribution in [-0.4, -0.2) is 14.7 Å². The van der Waals surface area contributed by atoms with Crippen LogP contribution in [0, 0.1) is 0 Å². The fraction of sp³-hybridized carbons (Fsp3) is 0.133. The molecule has 3 rings (SSSR count). The Hall–Kier alpha value is -2.13. The number of fused-ring (bicyclic) bond motifs is 1. The van der Waals surface area contributed by atoms with Crippen molar-refractivity contribution in [2.45, 2.75) is 6.10 Å². The van der Waals surface area contributed by atoms with Crippen molar-refractivity contribution >= 4 is 10.8 Å². The summed E-state index contributed by atoms with van der Waals surface area (Å²) in [4.78, 5) is 4.05. The molecule has 3 heteroatoms. The van der Waals surface area contributed by atoms with Gasteiger partial charge in [-0.1, -0.05) is 42.5 Å². The van der Waals surface area contributed by atoms with E-state index in [1.165, 1.54) is 0 Å². The monoisotopic (exact) mass is 238 g/mol. The highest BCUT2D eigenvalue weighted by Crippen LogP contribution is 2.28. The first-order chi connectivity index (χ1) is 8.77. The van der Waals surface area contributed by atoms with Crippen LogP contribution in [0.1, 0.15) is 17.4 Å². The minimum absolute atomic E-state index is 0.649. The van der Waals surface area contributed by atoms with E-state index in [9.17, 15) is 5.11 Å². The maximum atomic E-state index is 10.5. The molecule has 0 saturated carbocycles. The summed E-state index contributed by atoms with van der Waals surface area (Å²) in [6.07, 6.45) is 2.75. The fourth-order valence-electron chi connectivity index (χ4n) is 2.28. The van der Waals surface area contributed by atoms with Crippen molar-refractivity contribution in [2.24, 2.45) is 7.05 Å². The quantitative estimate of drug-likeness (QED) is 0.745. The zero-order valence-electron chi connectivity index (χ0n) is 10.1. The molecule has 0 radical (unpaired) electrons. The second-order valence-electron chi connectivity index (χ2n) is 4.40. The predicted molar refractivity (Wildman–Crippen MR) is 71.2 cm³/mol. The van der Waals surface area contributed by atoms with Gasteiger partial charge in [-0.2, -0.15) is 0 Å². The molecule has 0 amide bonds. The maximum Gasteiger partial charge on any atom is 0.121 e. The second-order valence-corrected chi connectivity index (χ2v) is 4.40. The van der Waals surface area contributed by atoms with Crippen LogP contribution in [0.25, 0.3) is 10.8 Å². The highest BCUT2D eigenvalue weighted by atomic mass is 16.3. The van der Waals surface area contributed by atoms with E-state index < -0.39 is 6.10 Å². The summed E-state index contributed by atoms with van der Waals surface area (Å²) < 4.78 is 1.84. The van der Waals surface area contributed by atoms with E-state index in [-0.39, 0.29) is 0 Å². The number of aromatic nitrogens is 2. The molecule has 0 aliphatic rings.